The van der Waals surface area contributed by atoms with Crippen LogP contribution in [0.2, 0.25) is 5.02 Å². The quantitative estimate of drug-likeness (QED) is 0.553. The average molecular weight is 381 g/mol. The van der Waals surface area contributed by atoms with E-state index in [1.807, 2.05) is 17.8 Å². The molecule has 26 heavy (non-hydrogen) atoms. The normalized spacial score (nSPS) is 18.8. The van der Waals surface area contributed by atoms with Crippen molar-refractivity contribution in [3.8, 4) is 5.75 Å². The molecule has 3 heteroatoms. The Morgan fingerprint density at radius 1 is 1.12 bits per heavy atom. The van der Waals surface area contributed by atoms with E-state index >= 15 is 0 Å². The maximum atomic E-state index is 6.71. The van der Waals surface area contributed by atoms with Gasteiger partial charge in [0.05, 0.1) is 12.1 Å². The molecule has 132 valence electrons. The second-order valence-corrected chi connectivity index (χ2v) is 8.66. The van der Waals surface area contributed by atoms with Gasteiger partial charge in [0, 0.05) is 27.7 Å². The third-order valence-electron chi connectivity index (χ3n) is 5.74. The van der Waals surface area contributed by atoms with Crippen LogP contribution in [-0.2, 0) is 6.42 Å². The van der Waals surface area contributed by atoms with Crippen LogP contribution in [0, 0.1) is 0 Å². The molecule has 0 radical (unpaired) electrons. The van der Waals surface area contributed by atoms with Crippen LogP contribution < -0.4 is 4.74 Å². The Bertz CT molecular complexity index is 1010. The average Bonchev–Trinajstić information content (AvgIpc) is 3.20. The summed E-state index contributed by atoms with van der Waals surface area (Å²) in [5.74, 6) is 2.04. The summed E-state index contributed by atoms with van der Waals surface area (Å²) in [4.78, 5) is 1.32. The number of benzene rings is 2. The monoisotopic (exact) mass is 380 g/mol. The summed E-state index contributed by atoms with van der Waals surface area (Å²) in [6.07, 6.45) is 12.7. The van der Waals surface area contributed by atoms with Crippen LogP contribution in [0.25, 0.3) is 21.3 Å². The Hall–Kier alpha value is -1.64. The first kappa shape index (κ1) is 16.5. The van der Waals surface area contributed by atoms with Crippen LogP contribution in [0.5, 0.6) is 5.75 Å². The summed E-state index contributed by atoms with van der Waals surface area (Å²) < 4.78 is 5.78. The maximum absolute atomic E-state index is 6.71. The summed E-state index contributed by atoms with van der Waals surface area (Å²) in [6, 6.07) is 6.58. The van der Waals surface area contributed by atoms with E-state index < -0.39 is 0 Å². The number of aryl methyl sites for hydroxylation is 1. The maximum Gasteiger partial charge on any atom is 0.128 e. The molecule has 0 bridgehead atoms. The van der Waals surface area contributed by atoms with Crippen molar-refractivity contribution in [3.05, 3.63) is 63.7 Å². The van der Waals surface area contributed by atoms with Crippen molar-refractivity contribution < 1.29 is 4.74 Å². The summed E-state index contributed by atoms with van der Waals surface area (Å²) in [7, 11) is 1.75. The fourth-order valence-electron chi connectivity index (χ4n) is 4.57. The van der Waals surface area contributed by atoms with Crippen LogP contribution >= 0.6 is 23.4 Å². The number of allylic oxidation sites excluding steroid dienone is 5. The minimum absolute atomic E-state index is 0.795. The van der Waals surface area contributed by atoms with Crippen LogP contribution in [0.4, 0.5) is 0 Å². The molecule has 1 nitrogen and oxygen atoms in total. The summed E-state index contributed by atoms with van der Waals surface area (Å²) in [6.45, 7) is 0. The Labute approximate surface area is 163 Å². The molecule has 1 aliphatic heterocycles. The molecular weight excluding hydrogens is 360 g/mol. The lowest BCUT2D eigenvalue weighted by molar-refractivity contribution is 0.419. The Morgan fingerprint density at radius 3 is 2.85 bits per heavy atom. The predicted molar refractivity (Wildman–Crippen MR) is 114 cm³/mol. The molecule has 2 aromatic rings. The van der Waals surface area contributed by atoms with Gasteiger partial charge in [-0.2, -0.15) is 0 Å². The Morgan fingerprint density at radius 2 is 2.04 bits per heavy atom. The van der Waals surface area contributed by atoms with Gasteiger partial charge in [-0.3, -0.25) is 0 Å². The van der Waals surface area contributed by atoms with Gasteiger partial charge in [-0.1, -0.05) is 47.5 Å². The van der Waals surface area contributed by atoms with E-state index in [0.717, 1.165) is 35.8 Å². The number of hydrogen-bond acceptors (Lipinski definition) is 2. The van der Waals surface area contributed by atoms with Gasteiger partial charge in [-0.05, 0) is 54.2 Å². The molecule has 1 heterocycles. The largest absolute Gasteiger partial charge is 0.496 e. The first-order valence-electron chi connectivity index (χ1n) is 9.32. The van der Waals surface area contributed by atoms with Gasteiger partial charge in [0.25, 0.3) is 0 Å². The SMILES string of the molecule is COc1cc(Cl)c(C2=CCCS2)c2ccc3c(c12)CCC1=C3C=CCC1. The topological polar surface area (TPSA) is 9.23 Å². The number of methoxy groups -OCH3 is 1. The minimum atomic E-state index is 0.795. The van der Waals surface area contributed by atoms with E-state index in [4.69, 9.17) is 16.3 Å². The molecule has 0 saturated heterocycles. The van der Waals surface area contributed by atoms with Crippen molar-refractivity contribution >= 4 is 44.6 Å². The van der Waals surface area contributed by atoms with Crippen molar-refractivity contribution in [2.75, 3.05) is 12.9 Å². The molecule has 0 saturated carbocycles. The summed E-state index contributed by atoms with van der Waals surface area (Å²) >= 11 is 8.62. The van der Waals surface area contributed by atoms with Gasteiger partial charge in [0.15, 0.2) is 0 Å². The first-order chi connectivity index (χ1) is 12.8. The zero-order chi connectivity index (χ0) is 17.7. The molecule has 0 N–H and O–H groups in total. The molecule has 0 fully saturated rings. The highest BCUT2D eigenvalue weighted by molar-refractivity contribution is 8.08. The van der Waals surface area contributed by atoms with Gasteiger partial charge >= 0.3 is 0 Å². The lowest BCUT2D eigenvalue weighted by Crippen LogP contribution is -2.08. The Kier molecular flexibility index (Phi) is 4.14. The number of ether oxygens (including phenoxy) is 1. The zero-order valence-electron chi connectivity index (χ0n) is 14.9. The van der Waals surface area contributed by atoms with Crippen molar-refractivity contribution in [2.45, 2.75) is 32.1 Å². The van der Waals surface area contributed by atoms with E-state index in [1.54, 1.807) is 12.7 Å². The van der Waals surface area contributed by atoms with Gasteiger partial charge in [-0.15, -0.1) is 11.8 Å². The third-order valence-corrected chi connectivity index (χ3v) is 7.16. The smallest absolute Gasteiger partial charge is 0.128 e. The van der Waals surface area contributed by atoms with Gasteiger partial charge < -0.3 is 4.74 Å². The third kappa shape index (κ3) is 2.46. The second kappa shape index (κ2) is 6.51. The number of hydrogen-bond donors (Lipinski definition) is 0. The van der Waals surface area contributed by atoms with Crippen LogP contribution in [0.3, 0.4) is 0 Å². The van der Waals surface area contributed by atoms with Crippen molar-refractivity contribution in [1.82, 2.24) is 0 Å². The molecule has 0 atom stereocenters. The minimum Gasteiger partial charge on any atom is -0.496 e. The molecule has 3 aliphatic rings. The molecular formula is C23H21ClOS. The molecule has 0 amide bonds. The first-order valence-corrected chi connectivity index (χ1v) is 10.7. The van der Waals surface area contributed by atoms with Crippen molar-refractivity contribution in [1.29, 1.82) is 0 Å². The van der Waals surface area contributed by atoms with Crippen molar-refractivity contribution in [2.24, 2.45) is 0 Å². The fourth-order valence-corrected chi connectivity index (χ4v) is 5.98. The van der Waals surface area contributed by atoms with E-state index in [1.165, 1.54) is 50.8 Å². The van der Waals surface area contributed by atoms with E-state index in [2.05, 4.69) is 30.4 Å². The van der Waals surface area contributed by atoms with Crippen LogP contribution in [0.1, 0.15) is 42.4 Å². The van der Waals surface area contributed by atoms with Crippen LogP contribution in [0.15, 0.2) is 42.0 Å². The fraction of sp³-hybridized carbons (Fsp3) is 0.304. The highest BCUT2D eigenvalue weighted by Gasteiger charge is 2.25. The lowest BCUT2D eigenvalue weighted by atomic mass is 9.79. The van der Waals surface area contributed by atoms with E-state index in [0.29, 0.717) is 0 Å². The second-order valence-electron chi connectivity index (χ2n) is 7.11. The molecule has 0 aromatic heterocycles. The van der Waals surface area contributed by atoms with E-state index in [-0.39, 0.29) is 0 Å². The summed E-state index contributed by atoms with van der Waals surface area (Å²) in [5, 5.41) is 3.28. The van der Waals surface area contributed by atoms with Gasteiger partial charge in [0.1, 0.15) is 5.75 Å². The number of rotatable bonds is 2. The predicted octanol–water partition coefficient (Wildman–Crippen LogP) is 7.03. The summed E-state index contributed by atoms with van der Waals surface area (Å²) in [5.41, 5.74) is 7.04. The standard InChI is InChI=1S/C23H21ClOS/c1-25-20-13-19(24)23(21-7-4-12-26-21)18-11-10-16-15-6-3-2-5-14(15)8-9-17(16)22(18)20/h3,6-7,10-11,13H,2,4-5,8-9,12H2,1H3. The van der Waals surface area contributed by atoms with Crippen molar-refractivity contribution in [3.63, 3.8) is 0 Å². The van der Waals surface area contributed by atoms with E-state index in [9.17, 15) is 0 Å². The molecule has 2 aromatic carbocycles. The molecule has 2 aliphatic carbocycles. The van der Waals surface area contributed by atoms with Gasteiger partial charge in [0.2, 0.25) is 0 Å². The molecule has 0 unspecified atom stereocenters. The number of halogens is 1. The molecule has 0 spiro atoms. The lowest BCUT2D eigenvalue weighted by Gasteiger charge is -2.27. The van der Waals surface area contributed by atoms with Gasteiger partial charge in [-0.25, -0.2) is 0 Å². The Balaban J connectivity index is 1.83. The van der Waals surface area contributed by atoms with Crippen LogP contribution in [-0.4, -0.2) is 12.9 Å². The highest BCUT2D eigenvalue weighted by Crippen LogP contribution is 2.48. The zero-order valence-corrected chi connectivity index (χ0v) is 16.5. The number of fused-ring (bicyclic) bond motifs is 4. The highest BCUT2D eigenvalue weighted by atomic mass is 35.5. The molecule has 5 rings (SSSR count). The number of thioether (sulfide) groups is 1.